The van der Waals surface area contributed by atoms with E-state index in [1.165, 1.54) is 10.9 Å². The number of thiophene rings is 1. The smallest absolute Gasteiger partial charge is 0.238 e. The number of sulfonamides is 1. The molecule has 0 radical (unpaired) electrons. The van der Waals surface area contributed by atoms with Crippen LogP contribution >= 0.6 is 35.3 Å². The van der Waals surface area contributed by atoms with E-state index < -0.39 is 10.0 Å². The van der Waals surface area contributed by atoms with Crippen molar-refractivity contribution >= 4 is 51.3 Å². The largest absolute Gasteiger partial charge is 0.356 e. The van der Waals surface area contributed by atoms with Gasteiger partial charge in [0, 0.05) is 30.9 Å². The maximum Gasteiger partial charge on any atom is 0.238 e. The molecule has 1 heterocycles. The third-order valence-electron chi connectivity index (χ3n) is 3.52. The molecule has 4 N–H and O–H groups in total. The number of nitrogens with two attached hydrogens (primary N) is 1. The molecule has 1 aromatic heterocycles. The minimum Gasteiger partial charge on any atom is -0.356 e. The van der Waals surface area contributed by atoms with Crippen LogP contribution in [0.2, 0.25) is 0 Å². The molecule has 138 valence electrons. The molecule has 0 bridgehead atoms. The van der Waals surface area contributed by atoms with Crippen LogP contribution in [0.4, 0.5) is 0 Å². The first-order valence-corrected chi connectivity index (χ1v) is 9.92. The SMILES string of the molecule is CN=C(NCc1cccc(S(N)(=O)=O)c1)NCC(C)c1cccs1.I. The second-order valence-electron chi connectivity index (χ2n) is 5.42. The lowest BCUT2D eigenvalue weighted by Crippen LogP contribution is -2.38. The molecule has 0 saturated heterocycles. The predicted octanol–water partition coefficient (Wildman–Crippen LogP) is 2.48. The fourth-order valence-corrected chi connectivity index (χ4v) is 3.53. The van der Waals surface area contributed by atoms with Gasteiger partial charge in [0.25, 0.3) is 0 Å². The first kappa shape index (κ1) is 21.9. The Kier molecular flexibility index (Phi) is 8.83. The molecule has 0 aliphatic carbocycles. The second kappa shape index (κ2) is 10.1. The van der Waals surface area contributed by atoms with Crippen molar-refractivity contribution < 1.29 is 8.42 Å². The molecular formula is C16H23IN4O2S2. The molecule has 25 heavy (non-hydrogen) atoms. The summed E-state index contributed by atoms with van der Waals surface area (Å²) in [5.41, 5.74) is 0.816. The van der Waals surface area contributed by atoms with Crippen LogP contribution < -0.4 is 15.8 Å². The fraction of sp³-hybridized carbons (Fsp3) is 0.312. The minimum atomic E-state index is -3.69. The van der Waals surface area contributed by atoms with E-state index in [-0.39, 0.29) is 28.9 Å². The number of rotatable bonds is 6. The lowest BCUT2D eigenvalue weighted by atomic mass is 10.1. The van der Waals surface area contributed by atoms with E-state index in [0.717, 1.165) is 12.1 Å². The summed E-state index contributed by atoms with van der Waals surface area (Å²) in [4.78, 5) is 5.61. The average Bonchev–Trinajstić information content (AvgIpc) is 3.09. The minimum absolute atomic E-state index is 0. The van der Waals surface area contributed by atoms with E-state index in [2.05, 4.69) is 34.0 Å². The summed E-state index contributed by atoms with van der Waals surface area (Å²) >= 11 is 1.74. The Morgan fingerprint density at radius 2 is 2.04 bits per heavy atom. The Bertz CT molecular complexity index is 792. The van der Waals surface area contributed by atoms with Crippen LogP contribution in [0.3, 0.4) is 0 Å². The van der Waals surface area contributed by atoms with E-state index in [1.807, 2.05) is 12.1 Å². The van der Waals surface area contributed by atoms with Crippen molar-refractivity contribution in [3.05, 3.63) is 52.2 Å². The highest BCUT2D eigenvalue weighted by Gasteiger charge is 2.09. The number of guanidine groups is 1. The zero-order chi connectivity index (χ0) is 17.6. The van der Waals surface area contributed by atoms with Gasteiger partial charge in [-0.1, -0.05) is 25.1 Å². The van der Waals surface area contributed by atoms with Gasteiger partial charge in [0.1, 0.15) is 0 Å². The normalized spacial score (nSPS) is 13.0. The molecule has 0 spiro atoms. The molecule has 1 aromatic carbocycles. The van der Waals surface area contributed by atoms with E-state index >= 15 is 0 Å². The third-order valence-corrected chi connectivity index (χ3v) is 5.53. The first-order chi connectivity index (χ1) is 11.4. The monoisotopic (exact) mass is 494 g/mol. The number of nitrogens with zero attached hydrogens (tertiary/aromatic N) is 1. The number of hydrogen-bond donors (Lipinski definition) is 3. The van der Waals surface area contributed by atoms with Crippen molar-refractivity contribution in [2.75, 3.05) is 13.6 Å². The zero-order valence-electron chi connectivity index (χ0n) is 14.1. The van der Waals surface area contributed by atoms with E-state index in [4.69, 9.17) is 5.14 Å². The fourth-order valence-electron chi connectivity index (χ4n) is 2.16. The summed E-state index contributed by atoms with van der Waals surface area (Å²) in [6.45, 7) is 3.37. The molecule has 1 atom stereocenters. The topological polar surface area (TPSA) is 96.6 Å². The van der Waals surface area contributed by atoms with E-state index in [0.29, 0.717) is 18.4 Å². The molecule has 2 aromatic rings. The molecule has 1 unspecified atom stereocenters. The zero-order valence-corrected chi connectivity index (χ0v) is 18.1. The number of benzene rings is 1. The van der Waals surface area contributed by atoms with Gasteiger partial charge >= 0.3 is 0 Å². The van der Waals surface area contributed by atoms with Crippen LogP contribution in [0.1, 0.15) is 23.3 Å². The summed E-state index contributed by atoms with van der Waals surface area (Å²) in [5.74, 6) is 1.05. The lowest BCUT2D eigenvalue weighted by Gasteiger charge is -2.15. The molecule has 2 rings (SSSR count). The Morgan fingerprint density at radius 1 is 1.28 bits per heavy atom. The van der Waals surface area contributed by atoms with Crippen LogP contribution in [-0.2, 0) is 16.6 Å². The molecule has 0 aliphatic heterocycles. The lowest BCUT2D eigenvalue weighted by molar-refractivity contribution is 0.597. The van der Waals surface area contributed by atoms with Gasteiger partial charge in [-0.3, -0.25) is 4.99 Å². The number of halogens is 1. The molecule has 0 saturated carbocycles. The van der Waals surface area contributed by atoms with Crippen LogP contribution in [-0.4, -0.2) is 28.0 Å². The van der Waals surface area contributed by atoms with Gasteiger partial charge in [0.05, 0.1) is 4.90 Å². The highest BCUT2D eigenvalue weighted by atomic mass is 127. The average molecular weight is 494 g/mol. The van der Waals surface area contributed by atoms with Crippen molar-refractivity contribution in [1.82, 2.24) is 10.6 Å². The van der Waals surface area contributed by atoms with Gasteiger partial charge in [-0.15, -0.1) is 35.3 Å². The Labute approximate surface area is 170 Å². The Morgan fingerprint density at radius 3 is 2.64 bits per heavy atom. The number of aliphatic imine (C=N–C) groups is 1. The Hall–Kier alpha value is -1.17. The van der Waals surface area contributed by atoms with Crippen molar-refractivity contribution in [2.45, 2.75) is 24.3 Å². The van der Waals surface area contributed by atoms with E-state index in [1.54, 1.807) is 30.5 Å². The van der Waals surface area contributed by atoms with Gasteiger partial charge in [0.15, 0.2) is 5.96 Å². The molecule has 0 aliphatic rings. The first-order valence-electron chi connectivity index (χ1n) is 7.50. The summed E-state index contributed by atoms with van der Waals surface area (Å²) in [7, 11) is -1.99. The number of hydrogen-bond acceptors (Lipinski definition) is 4. The highest BCUT2D eigenvalue weighted by Crippen LogP contribution is 2.19. The van der Waals surface area contributed by atoms with Crippen molar-refractivity contribution in [3.63, 3.8) is 0 Å². The van der Waals surface area contributed by atoms with Crippen LogP contribution in [0, 0.1) is 0 Å². The third kappa shape index (κ3) is 6.92. The summed E-state index contributed by atoms with van der Waals surface area (Å²) in [6, 6.07) is 10.7. The van der Waals surface area contributed by atoms with Crippen LogP contribution in [0.25, 0.3) is 0 Å². The van der Waals surface area contributed by atoms with Crippen LogP contribution in [0.15, 0.2) is 51.7 Å². The van der Waals surface area contributed by atoms with Gasteiger partial charge in [-0.2, -0.15) is 0 Å². The molecule has 6 nitrogen and oxygen atoms in total. The standard InChI is InChI=1S/C16H22N4O2S2.HI/c1-12(15-7-4-8-23-15)10-19-16(18-2)20-11-13-5-3-6-14(9-13)24(17,21)22;/h3-9,12H,10-11H2,1-2H3,(H2,17,21,22)(H2,18,19,20);1H. The second-order valence-corrected chi connectivity index (χ2v) is 7.96. The van der Waals surface area contributed by atoms with Crippen molar-refractivity contribution in [2.24, 2.45) is 10.1 Å². The van der Waals surface area contributed by atoms with Crippen LogP contribution in [0.5, 0.6) is 0 Å². The molecule has 0 fully saturated rings. The van der Waals surface area contributed by atoms with Gasteiger partial charge in [-0.25, -0.2) is 13.6 Å². The number of primary sulfonamides is 1. The van der Waals surface area contributed by atoms with Gasteiger partial charge in [0.2, 0.25) is 10.0 Å². The molecule has 0 amide bonds. The van der Waals surface area contributed by atoms with Crippen molar-refractivity contribution in [1.29, 1.82) is 0 Å². The summed E-state index contributed by atoms with van der Waals surface area (Å²) in [6.07, 6.45) is 0. The number of nitrogens with one attached hydrogen (secondary N) is 2. The van der Waals surface area contributed by atoms with E-state index in [9.17, 15) is 8.42 Å². The summed E-state index contributed by atoms with van der Waals surface area (Å²) in [5, 5.41) is 13.7. The summed E-state index contributed by atoms with van der Waals surface area (Å²) < 4.78 is 22.8. The highest BCUT2D eigenvalue weighted by molar-refractivity contribution is 14.0. The van der Waals surface area contributed by atoms with Gasteiger partial charge in [-0.05, 0) is 29.1 Å². The Balaban J connectivity index is 0.00000312. The maximum absolute atomic E-state index is 11.4. The molecule has 9 heteroatoms. The predicted molar refractivity (Wildman–Crippen MR) is 114 cm³/mol. The quantitative estimate of drug-likeness (QED) is 0.327. The van der Waals surface area contributed by atoms with Gasteiger partial charge < -0.3 is 10.6 Å². The van der Waals surface area contributed by atoms with Crippen molar-refractivity contribution in [3.8, 4) is 0 Å². The maximum atomic E-state index is 11.4. The molecular weight excluding hydrogens is 471 g/mol.